The molecular weight excluding hydrogens is 268 g/mol. The topological polar surface area (TPSA) is 49.7 Å². The number of rotatable bonds is 3. The van der Waals surface area contributed by atoms with Gasteiger partial charge in [0.1, 0.15) is 11.2 Å². The minimum absolute atomic E-state index is 0.0245. The average molecular weight is 284 g/mol. The molecule has 0 atom stereocenters. The molecule has 0 unspecified atom stereocenters. The van der Waals surface area contributed by atoms with Gasteiger partial charge in [0.05, 0.1) is 5.69 Å². The lowest BCUT2D eigenvalue weighted by Gasteiger charge is -2.32. The van der Waals surface area contributed by atoms with Gasteiger partial charge in [0.25, 0.3) is 10.0 Å². The van der Waals surface area contributed by atoms with Gasteiger partial charge in [0.2, 0.25) is 0 Å². The van der Waals surface area contributed by atoms with Gasteiger partial charge in [-0.3, -0.25) is 0 Å². The van der Waals surface area contributed by atoms with Crippen molar-refractivity contribution in [2.24, 2.45) is 9.81 Å². The molecule has 1 aromatic carbocycles. The second-order valence-electron chi connectivity index (χ2n) is 5.11. The Hall–Kier alpha value is -1.01. The zero-order valence-electron chi connectivity index (χ0n) is 10.4. The molecule has 6 heteroatoms. The van der Waals surface area contributed by atoms with Gasteiger partial charge in [0.15, 0.2) is 0 Å². The van der Waals surface area contributed by atoms with Crippen LogP contribution in [0.4, 0.5) is 5.69 Å². The molecule has 0 N–H and O–H groups in total. The number of thiol groups is 1. The Labute approximate surface area is 113 Å². The summed E-state index contributed by atoms with van der Waals surface area (Å²) < 4.78 is 27.3. The van der Waals surface area contributed by atoms with E-state index in [4.69, 9.17) is 0 Å². The number of benzene rings is 1. The van der Waals surface area contributed by atoms with Crippen LogP contribution in [0.3, 0.4) is 0 Å². The van der Waals surface area contributed by atoms with E-state index in [0.29, 0.717) is 18.0 Å². The summed E-state index contributed by atoms with van der Waals surface area (Å²) in [5, 5.41) is 0. The van der Waals surface area contributed by atoms with Crippen molar-refractivity contribution in [3.05, 3.63) is 24.3 Å². The summed E-state index contributed by atoms with van der Waals surface area (Å²) in [6.45, 7) is 4.84. The Balaban J connectivity index is 2.43. The second kappa shape index (κ2) is 4.59. The first kappa shape index (κ1) is 13.4. The maximum absolute atomic E-state index is 11.8. The van der Waals surface area contributed by atoms with E-state index in [9.17, 15) is 8.42 Å². The molecule has 0 amide bonds. The van der Waals surface area contributed by atoms with E-state index in [1.807, 2.05) is 11.0 Å². The van der Waals surface area contributed by atoms with Crippen molar-refractivity contribution in [3.8, 4) is 0 Å². The normalized spacial score (nSPS) is 17.6. The van der Waals surface area contributed by atoms with Crippen LogP contribution in [-0.4, -0.2) is 27.1 Å². The molecule has 18 heavy (non-hydrogen) atoms. The number of anilines is 1. The highest BCUT2D eigenvalue weighted by molar-refractivity contribution is 7.90. The minimum atomic E-state index is -3.53. The molecule has 0 fully saturated rings. The molecule has 0 saturated carbocycles. The van der Waals surface area contributed by atoms with E-state index in [1.165, 1.54) is 6.34 Å². The van der Waals surface area contributed by atoms with E-state index in [0.717, 1.165) is 0 Å². The highest BCUT2D eigenvalue weighted by atomic mass is 32.2. The van der Waals surface area contributed by atoms with Crippen LogP contribution in [-0.2, 0) is 10.0 Å². The summed E-state index contributed by atoms with van der Waals surface area (Å²) >= 11 is 4.32. The van der Waals surface area contributed by atoms with Crippen LogP contribution in [0.2, 0.25) is 0 Å². The summed E-state index contributed by atoms with van der Waals surface area (Å²) in [6.07, 6.45) is 1.39. The fraction of sp³-hybridized carbons (Fsp3) is 0.417. The lowest BCUT2D eigenvalue weighted by molar-refractivity contribution is 0.439. The van der Waals surface area contributed by atoms with Crippen LogP contribution in [0.5, 0.6) is 0 Å². The lowest BCUT2D eigenvalue weighted by atomic mass is 9.95. The second-order valence-corrected chi connectivity index (χ2v) is 7.03. The molecule has 0 radical (unpaired) electrons. The van der Waals surface area contributed by atoms with E-state index in [2.05, 4.69) is 30.9 Å². The van der Waals surface area contributed by atoms with E-state index in [-0.39, 0.29) is 10.3 Å². The first-order valence-corrected chi connectivity index (χ1v) is 7.70. The molecule has 1 aliphatic heterocycles. The summed E-state index contributed by atoms with van der Waals surface area (Å²) in [5.74, 6) is 0.715. The molecule has 1 aromatic rings. The Morgan fingerprint density at radius 3 is 2.67 bits per heavy atom. The highest BCUT2D eigenvalue weighted by Gasteiger charge is 2.28. The Morgan fingerprint density at radius 1 is 1.33 bits per heavy atom. The molecule has 0 aromatic heterocycles. The summed E-state index contributed by atoms with van der Waals surface area (Å²) in [4.78, 5) is 2.13. The van der Waals surface area contributed by atoms with Crippen molar-refractivity contribution in [2.45, 2.75) is 18.7 Å². The summed E-state index contributed by atoms with van der Waals surface area (Å²) in [7, 11) is -3.53. The lowest BCUT2D eigenvalue weighted by Crippen LogP contribution is -2.37. The molecule has 2 rings (SSSR count). The molecule has 0 spiro atoms. The van der Waals surface area contributed by atoms with Gasteiger partial charge < -0.3 is 4.90 Å². The first-order valence-electron chi connectivity index (χ1n) is 5.63. The van der Waals surface area contributed by atoms with Crippen LogP contribution < -0.4 is 4.90 Å². The monoisotopic (exact) mass is 284 g/mol. The first-order chi connectivity index (χ1) is 8.36. The van der Waals surface area contributed by atoms with Gasteiger partial charge in [0, 0.05) is 6.54 Å². The standard InChI is InChI=1S/C12H16N2O2S2/c1-12(2,8-17)7-14-9-13-18(15,16)11-6-4-3-5-10(11)14/h3-6,9,17H,7-8H2,1-2H3. The fourth-order valence-corrected chi connectivity index (χ4v) is 2.94. The average Bonchev–Trinajstić information content (AvgIpc) is 2.33. The minimum Gasteiger partial charge on any atom is -0.330 e. The van der Waals surface area contributed by atoms with Crippen LogP contribution >= 0.6 is 12.6 Å². The number of fused-ring (bicyclic) bond motifs is 1. The van der Waals surface area contributed by atoms with Gasteiger partial charge >= 0.3 is 0 Å². The van der Waals surface area contributed by atoms with Crippen molar-refractivity contribution in [1.82, 2.24) is 0 Å². The quantitative estimate of drug-likeness (QED) is 0.866. The van der Waals surface area contributed by atoms with Crippen LogP contribution in [0.25, 0.3) is 0 Å². The smallest absolute Gasteiger partial charge is 0.285 e. The molecule has 1 aliphatic rings. The van der Waals surface area contributed by atoms with E-state index < -0.39 is 10.0 Å². The third kappa shape index (κ3) is 2.54. The van der Waals surface area contributed by atoms with Crippen LogP contribution in [0.1, 0.15) is 13.8 Å². The molecule has 4 nitrogen and oxygen atoms in total. The van der Waals surface area contributed by atoms with Crippen molar-refractivity contribution in [1.29, 1.82) is 0 Å². The third-order valence-electron chi connectivity index (χ3n) is 2.80. The van der Waals surface area contributed by atoms with E-state index >= 15 is 0 Å². The molecule has 0 aliphatic carbocycles. The molecule has 98 valence electrons. The highest BCUT2D eigenvalue weighted by Crippen LogP contribution is 2.31. The van der Waals surface area contributed by atoms with Crippen LogP contribution in [0.15, 0.2) is 33.6 Å². The fourth-order valence-electron chi connectivity index (χ4n) is 1.79. The maximum Gasteiger partial charge on any atom is 0.285 e. The summed E-state index contributed by atoms with van der Waals surface area (Å²) in [6, 6.07) is 6.92. The van der Waals surface area contributed by atoms with Gasteiger partial charge in [-0.05, 0) is 23.3 Å². The van der Waals surface area contributed by atoms with Gasteiger partial charge in [-0.15, -0.1) is 4.40 Å². The molecule has 1 heterocycles. The zero-order valence-corrected chi connectivity index (χ0v) is 12.1. The van der Waals surface area contributed by atoms with Crippen molar-refractivity contribution in [3.63, 3.8) is 0 Å². The van der Waals surface area contributed by atoms with Gasteiger partial charge in [-0.2, -0.15) is 21.0 Å². The molecule has 0 bridgehead atoms. The molecule has 0 saturated heterocycles. The number of nitrogens with zero attached hydrogens (tertiary/aromatic N) is 2. The van der Waals surface area contributed by atoms with Crippen molar-refractivity contribution >= 4 is 34.7 Å². The number of sulfonamides is 1. The number of para-hydroxylation sites is 1. The van der Waals surface area contributed by atoms with Crippen molar-refractivity contribution in [2.75, 3.05) is 17.2 Å². The number of hydrogen-bond acceptors (Lipinski definition) is 4. The predicted molar refractivity (Wildman–Crippen MR) is 77.1 cm³/mol. The van der Waals surface area contributed by atoms with E-state index in [1.54, 1.807) is 18.2 Å². The van der Waals surface area contributed by atoms with Crippen molar-refractivity contribution < 1.29 is 8.42 Å². The molecular formula is C12H16N2O2S2. The number of hydrogen-bond donors (Lipinski definition) is 1. The zero-order chi connectivity index (χ0) is 13.4. The Bertz CT molecular complexity index is 579. The Kier molecular flexibility index (Phi) is 3.42. The maximum atomic E-state index is 11.8. The largest absolute Gasteiger partial charge is 0.330 e. The van der Waals surface area contributed by atoms with Gasteiger partial charge in [-0.1, -0.05) is 26.0 Å². The van der Waals surface area contributed by atoms with Crippen LogP contribution in [0, 0.1) is 5.41 Å². The third-order valence-corrected chi connectivity index (χ3v) is 4.93. The predicted octanol–water partition coefficient (Wildman–Crippen LogP) is 2.18. The Morgan fingerprint density at radius 2 is 2.00 bits per heavy atom. The summed E-state index contributed by atoms with van der Waals surface area (Å²) in [5.41, 5.74) is 0.658. The SMILES string of the molecule is CC(C)(CS)CN1C=NS(=O)(=O)c2ccccc21. The van der Waals surface area contributed by atoms with Gasteiger partial charge in [-0.25, -0.2) is 0 Å².